The number of pyridine rings is 1. The van der Waals surface area contributed by atoms with Crippen LogP contribution in [0.1, 0.15) is 38.7 Å². The first-order valence-electron chi connectivity index (χ1n) is 10.7. The number of anilines is 1. The Bertz CT molecular complexity index is 578. The number of hydrogen-bond acceptors (Lipinski definition) is 5. The summed E-state index contributed by atoms with van der Waals surface area (Å²) in [5.74, 6) is 1.91. The third-order valence-corrected chi connectivity index (χ3v) is 4.80. The van der Waals surface area contributed by atoms with E-state index in [1.807, 2.05) is 12.3 Å². The van der Waals surface area contributed by atoms with Crippen molar-refractivity contribution in [2.24, 2.45) is 4.99 Å². The molecule has 2 rings (SSSR count). The highest BCUT2D eigenvalue weighted by Gasteiger charge is 2.15. The van der Waals surface area contributed by atoms with Crippen molar-refractivity contribution < 1.29 is 4.74 Å². The average Bonchev–Trinajstić information content (AvgIpc) is 2.72. The molecule has 1 aliphatic heterocycles. The molecule has 2 heterocycles. The van der Waals surface area contributed by atoms with Crippen LogP contribution in [0.5, 0.6) is 0 Å². The Balaban J connectivity index is 0.00000420. The van der Waals surface area contributed by atoms with Crippen molar-refractivity contribution in [2.75, 3.05) is 64.4 Å². The van der Waals surface area contributed by atoms with Crippen molar-refractivity contribution in [3.05, 3.63) is 23.9 Å². The molecule has 0 amide bonds. The van der Waals surface area contributed by atoms with E-state index in [-0.39, 0.29) is 24.0 Å². The second-order valence-corrected chi connectivity index (χ2v) is 7.25. The van der Waals surface area contributed by atoms with Crippen molar-refractivity contribution in [2.45, 2.75) is 39.7 Å². The van der Waals surface area contributed by atoms with Crippen molar-refractivity contribution in [1.82, 2.24) is 20.5 Å². The van der Waals surface area contributed by atoms with Gasteiger partial charge in [0.1, 0.15) is 5.82 Å². The fourth-order valence-corrected chi connectivity index (χ4v) is 3.01. The monoisotopic (exact) mass is 518 g/mol. The molecule has 8 heteroatoms. The average molecular weight is 518 g/mol. The highest BCUT2D eigenvalue weighted by Crippen LogP contribution is 2.15. The molecule has 0 bridgehead atoms. The van der Waals surface area contributed by atoms with Crippen molar-refractivity contribution in [3.8, 4) is 0 Å². The fraction of sp³-hybridized carbons (Fsp3) is 0.714. The van der Waals surface area contributed by atoms with Gasteiger partial charge in [-0.3, -0.25) is 0 Å². The topological polar surface area (TPSA) is 65.0 Å². The zero-order chi connectivity index (χ0) is 20.0. The van der Waals surface area contributed by atoms with Gasteiger partial charge in [0, 0.05) is 58.7 Å². The Kier molecular flexibility index (Phi) is 14.0. The first-order valence-corrected chi connectivity index (χ1v) is 10.7. The summed E-state index contributed by atoms with van der Waals surface area (Å²) in [5.41, 5.74) is 1.18. The second-order valence-electron chi connectivity index (χ2n) is 7.25. The van der Waals surface area contributed by atoms with Gasteiger partial charge < -0.3 is 25.2 Å². The first kappa shape index (κ1) is 25.9. The molecule has 0 aliphatic carbocycles. The Morgan fingerprint density at radius 2 is 1.90 bits per heavy atom. The Morgan fingerprint density at radius 1 is 1.14 bits per heavy atom. The lowest BCUT2D eigenvalue weighted by molar-refractivity contribution is 0.129. The molecule has 0 spiro atoms. The van der Waals surface area contributed by atoms with Crippen molar-refractivity contribution in [3.63, 3.8) is 0 Å². The molecule has 1 aliphatic rings. The van der Waals surface area contributed by atoms with Crippen LogP contribution in [0.3, 0.4) is 0 Å². The SMILES string of the molecule is CCCCOCCCNC(=NCc1ccnc(N2CCN(C)CC2)c1)NCC.I. The summed E-state index contributed by atoms with van der Waals surface area (Å²) < 4.78 is 5.61. The third kappa shape index (κ3) is 10.5. The molecule has 7 nitrogen and oxygen atoms in total. The summed E-state index contributed by atoms with van der Waals surface area (Å²) >= 11 is 0. The number of halogens is 1. The summed E-state index contributed by atoms with van der Waals surface area (Å²) in [6.07, 6.45) is 5.20. The Labute approximate surface area is 193 Å². The van der Waals surface area contributed by atoms with Crippen LogP contribution in [0.25, 0.3) is 0 Å². The van der Waals surface area contributed by atoms with E-state index >= 15 is 0 Å². The number of likely N-dealkylation sites (N-methyl/N-ethyl adjacent to an activating group) is 1. The molecule has 0 aromatic carbocycles. The van der Waals surface area contributed by atoms with Crippen LogP contribution in [0.15, 0.2) is 23.3 Å². The van der Waals surface area contributed by atoms with Gasteiger partial charge in [-0.2, -0.15) is 0 Å². The minimum absolute atomic E-state index is 0. The van der Waals surface area contributed by atoms with Gasteiger partial charge in [-0.25, -0.2) is 9.98 Å². The van der Waals surface area contributed by atoms with Crippen LogP contribution in [-0.2, 0) is 11.3 Å². The van der Waals surface area contributed by atoms with Gasteiger partial charge in [0.05, 0.1) is 6.54 Å². The van der Waals surface area contributed by atoms with Crippen molar-refractivity contribution >= 4 is 35.8 Å². The van der Waals surface area contributed by atoms with Gasteiger partial charge in [0.25, 0.3) is 0 Å². The summed E-state index contributed by atoms with van der Waals surface area (Å²) in [7, 11) is 2.17. The molecule has 0 atom stereocenters. The maximum Gasteiger partial charge on any atom is 0.191 e. The van der Waals surface area contributed by atoms with Crippen LogP contribution in [0, 0.1) is 0 Å². The molecule has 1 aromatic rings. The molecule has 1 aromatic heterocycles. The van der Waals surface area contributed by atoms with Gasteiger partial charge in [-0.15, -0.1) is 24.0 Å². The minimum atomic E-state index is 0. The number of ether oxygens (including phenoxy) is 1. The van der Waals surface area contributed by atoms with Crippen LogP contribution in [0.4, 0.5) is 5.82 Å². The Morgan fingerprint density at radius 3 is 2.62 bits per heavy atom. The first-order chi connectivity index (χ1) is 13.7. The van der Waals surface area contributed by atoms with E-state index in [2.05, 4.69) is 52.4 Å². The van der Waals surface area contributed by atoms with Crippen LogP contribution < -0.4 is 15.5 Å². The van der Waals surface area contributed by atoms with E-state index in [0.717, 1.165) is 77.1 Å². The third-order valence-electron chi connectivity index (χ3n) is 4.80. The quantitative estimate of drug-likeness (QED) is 0.203. The predicted molar refractivity (Wildman–Crippen MR) is 133 cm³/mol. The number of nitrogens with one attached hydrogen (secondary N) is 2. The van der Waals surface area contributed by atoms with Gasteiger partial charge >= 0.3 is 0 Å². The van der Waals surface area contributed by atoms with E-state index in [0.29, 0.717) is 6.54 Å². The van der Waals surface area contributed by atoms with Gasteiger partial charge in [-0.05, 0) is 44.5 Å². The highest BCUT2D eigenvalue weighted by atomic mass is 127. The molecule has 166 valence electrons. The minimum Gasteiger partial charge on any atom is -0.381 e. The summed E-state index contributed by atoms with van der Waals surface area (Å²) in [5, 5.41) is 6.71. The van der Waals surface area contributed by atoms with E-state index < -0.39 is 0 Å². The number of rotatable bonds is 11. The number of piperazine rings is 1. The lowest BCUT2D eigenvalue weighted by atomic mass is 10.2. The van der Waals surface area contributed by atoms with Gasteiger partial charge in [0.2, 0.25) is 0 Å². The summed E-state index contributed by atoms with van der Waals surface area (Å²) in [4.78, 5) is 14.0. The molecule has 1 saturated heterocycles. The molecule has 0 radical (unpaired) electrons. The highest BCUT2D eigenvalue weighted by molar-refractivity contribution is 14.0. The largest absolute Gasteiger partial charge is 0.381 e. The maximum atomic E-state index is 5.61. The number of hydrogen-bond donors (Lipinski definition) is 2. The maximum absolute atomic E-state index is 5.61. The van der Waals surface area contributed by atoms with E-state index in [4.69, 9.17) is 9.73 Å². The van der Waals surface area contributed by atoms with E-state index in [1.54, 1.807) is 0 Å². The summed E-state index contributed by atoms with van der Waals surface area (Å²) in [6.45, 7) is 12.5. The lowest BCUT2D eigenvalue weighted by Crippen LogP contribution is -2.44. The summed E-state index contributed by atoms with van der Waals surface area (Å²) in [6, 6.07) is 4.22. The smallest absolute Gasteiger partial charge is 0.191 e. The van der Waals surface area contributed by atoms with Crippen LogP contribution >= 0.6 is 24.0 Å². The van der Waals surface area contributed by atoms with Gasteiger partial charge in [0.15, 0.2) is 5.96 Å². The van der Waals surface area contributed by atoms with E-state index in [1.165, 1.54) is 12.0 Å². The predicted octanol–water partition coefficient (Wildman–Crippen LogP) is 2.71. The zero-order valence-corrected chi connectivity index (χ0v) is 20.7. The molecular formula is C21H39IN6O. The molecule has 2 N–H and O–H groups in total. The number of unbranched alkanes of at least 4 members (excludes halogenated alkanes) is 1. The molecule has 0 unspecified atom stereocenters. The second kappa shape index (κ2) is 15.7. The normalized spacial score (nSPS) is 15.1. The molecule has 0 saturated carbocycles. The zero-order valence-electron chi connectivity index (χ0n) is 18.3. The lowest BCUT2D eigenvalue weighted by Gasteiger charge is -2.33. The number of aromatic nitrogens is 1. The van der Waals surface area contributed by atoms with E-state index in [9.17, 15) is 0 Å². The fourth-order valence-electron chi connectivity index (χ4n) is 3.01. The Hall–Kier alpha value is -1.13. The number of nitrogens with zero attached hydrogens (tertiary/aromatic N) is 4. The molecular weight excluding hydrogens is 479 g/mol. The number of guanidine groups is 1. The van der Waals surface area contributed by atoms with Gasteiger partial charge in [-0.1, -0.05) is 13.3 Å². The molecule has 1 fully saturated rings. The standard InChI is InChI=1S/C21H38N6O.HI/c1-4-6-15-28-16-7-9-24-21(22-5-2)25-18-19-8-10-23-20(17-19)27-13-11-26(3)12-14-27;/h8,10,17H,4-7,9,11-16,18H2,1-3H3,(H2,22,24,25);1H. The van der Waals surface area contributed by atoms with Crippen LogP contribution in [0.2, 0.25) is 0 Å². The molecule has 29 heavy (non-hydrogen) atoms. The van der Waals surface area contributed by atoms with Crippen LogP contribution in [-0.4, -0.2) is 75.4 Å². The number of aliphatic imine (C=N–C) groups is 1. The van der Waals surface area contributed by atoms with Crippen molar-refractivity contribution in [1.29, 1.82) is 0 Å².